The van der Waals surface area contributed by atoms with Gasteiger partial charge in [-0.2, -0.15) is 0 Å². The molecule has 0 bridgehead atoms. The summed E-state index contributed by atoms with van der Waals surface area (Å²) in [5.74, 6) is -1.43. The number of carbonyl (C=O) groups excluding carboxylic acids is 1. The largest absolute Gasteiger partial charge is 0.354 e. The van der Waals surface area contributed by atoms with Crippen LogP contribution in [-0.2, 0) is 11.4 Å². The van der Waals surface area contributed by atoms with Crippen molar-refractivity contribution in [3.8, 4) is 11.3 Å². The van der Waals surface area contributed by atoms with E-state index in [-0.39, 0.29) is 24.0 Å². The zero-order valence-electron chi connectivity index (χ0n) is 14.4. The highest BCUT2D eigenvalue weighted by atomic mass is 19.1. The fraction of sp³-hybridized carbons (Fsp3) is 0.250. The summed E-state index contributed by atoms with van der Waals surface area (Å²) in [6.45, 7) is 0.998. The van der Waals surface area contributed by atoms with E-state index >= 15 is 0 Å². The molecule has 27 heavy (non-hydrogen) atoms. The Morgan fingerprint density at radius 2 is 2.00 bits per heavy atom. The van der Waals surface area contributed by atoms with Crippen LogP contribution in [0.4, 0.5) is 8.78 Å². The number of aromatic nitrogens is 1. The van der Waals surface area contributed by atoms with Crippen molar-refractivity contribution in [2.24, 2.45) is 0 Å². The molecule has 5 nitrogen and oxygen atoms in total. The van der Waals surface area contributed by atoms with Gasteiger partial charge in [-0.25, -0.2) is 14.3 Å². The van der Waals surface area contributed by atoms with Crippen LogP contribution in [0.3, 0.4) is 0 Å². The number of H-pyrrole nitrogens is 1. The van der Waals surface area contributed by atoms with Gasteiger partial charge < -0.3 is 10.3 Å². The van der Waals surface area contributed by atoms with Crippen LogP contribution in [0.5, 0.6) is 0 Å². The van der Waals surface area contributed by atoms with Gasteiger partial charge in [-0.1, -0.05) is 6.07 Å². The van der Waals surface area contributed by atoms with E-state index in [4.69, 9.17) is 4.84 Å². The van der Waals surface area contributed by atoms with Crippen LogP contribution in [0.1, 0.15) is 40.4 Å². The van der Waals surface area contributed by atoms with Gasteiger partial charge in [0.15, 0.2) is 0 Å². The molecule has 0 saturated carbocycles. The molecule has 7 heteroatoms. The number of nitrogens with one attached hydrogen (secondary N) is 3. The van der Waals surface area contributed by atoms with E-state index in [1.165, 1.54) is 12.1 Å². The Bertz CT molecular complexity index is 1070. The Balaban J connectivity index is 1.68. The maximum Gasteiger partial charge on any atom is 0.275 e. The molecule has 1 unspecified atom stereocenters. The number of hydroxylamine groups is 1. The standard InChI is InChI=1S/C20H17F2N3O2/c21-11-7-13-18-14(9-27-25-20(13)26)19(24-17(18)8-11)12-4-3-10(6-15(12)22)16-2-1-5-23-16/h3-4,6-8,16,23-24H,1-2,5,9H2,(H,25,26). The number of hydrogen-bond donors (Lipinski definition) is 3. The van der Waals surface area contributed by atoms with Crippen molar-refractivity contribution >= 4 is 16.8 Å². The summed E-state index contributed by atoms with van der Waals surface area (Å²) in [7, 11) is 0. The molecular formula is C20H17F2N3O2. The topological polar surface area (TPSA) is 66.2 Å². The summed E-state index contributed by atoms with van der Waals surface area (Å²) in [6.07, 6.45) is 2.06. The van der Waals surface area contributed by atoms with E-state index in [0.717, 1.165) is 24.9 Å². The summed E-state index contributed by atoms with van der Waals surface area (Å²) in [4.78, 5) is 20.4. The average molecular weight is 369 g/mol. The van der Waals surface area contributed by atoms with Crippen LogP contribution >= 0.6 is 0 Å². The van der Waals surface area contributed by atoms with Crippen LogP contribution in [-0.4, -0.2) is 17.4 Å². The summed E-state index contributed by atoms with van der Waals surface area (Å²) in [5, 5.41) is 3.92. The van der Waals surface area contributed by atoms with Crippen LogP contribution in [0.2, 0.25) is 0 Å². The average Bonchev–Trinajstić information content (AvgIpc) is 3.25. The van der Waals surface area contributed by atoms with E-state index < -0.39 is 11.7 Å². The molecule has 2 aliphatic heterocycles. The quantitative estimate of drug-likeness (QED) is 0.645. The van der Waals surface area contributed by atoms with Gasteiger partial charge in [0, 0.05) is 28.1 Å². The van der Waals surface area contributed by atoms with Crippen molar-refractivity contribution in [1.29, 1.82) is 0 Å². The summed E-state index contributed by atoms with van der Waals surface area (Å²) < 4.78 is 28.9. The molecule has 3 N–H and O–H groups in total. The third kappa shape index (κ3) is 2.62. The zero-order valence-corrected chi connectivity index (χ0v) is 14.4. The van der Waals surface area contributed by atoms with Gasteiger partial charge in [0.25, 0.3) is 5.91 Å². The van der Waals surface area contributed by atoms with Crippen LogP contribution in [0.15, 0.2) is 30.3 Å². The van der Waals surface area contributed by atoms with Crippen molar-refractivity contribution in [1.82, 2.24) is 15.8 Å². The molecule has 138 valence electrons. The van der Waals surface area contributed by atoms with Crippen molar-refractivity contribution in [3.05, 3.63) is 58.7 Å². The maximum absolute atomic E-state index is 15.0. The number of carbonyl (C=O) groups is 1. The molecule has 1 atom stereocenters. The van der Waals surface area contributed by atoms with Gasteiger partial charge in [0.1, 0.15) is 18.2 Å². The van der Waals surface area contributed by atoms with Gasteiger partial charge >= 0.3 is 0 Å². The van der Waals surface area contributed by atoms with Gasteiger partial charge in [-0.15, -0.1) is 0 Å². The molecule has 0 radical (unpaired) electrons. The highest BCUT2D eigenvalue weighted by Crippen LogP contribution is 2.37. The molecule has 0 aliphatic carbocycles. The fourth-order valence-electron chi connectivity index (χ4n) is 4.07. The lowest BCUT2D eigenvalue weighted by atomic mass is 9.98. The van der Waals surface area contributed by atoms with E-state index in [2.05, 4.69) is 15.8 Å². The highest BCUT2D eigenvalue weighted by molar-refractivity contribution is 6.09. The lowest BCUT2D eigenvalue weighted by Crippen LogP contribution is -2.21. The Hall–Kier alpha value is -2.77. The maximum atomic E-state index is 15.0. The van der Waals surface area contributed by atoms with Crippen LogP contribution in [0, 0.1) is 11.6 Å². The molecule has 1 amide bonds. The van der Waals surface area contributed by atoms with Crippen molar-refractivity contribution in [3.63, 3.8) is 0 Å². The number of benzene rings is 2. The SMILES string of the molecule is O=C1NOCc2c(-c3ccc(C4CCCN4)cc3F)[nH]c3cc(F)cc1c23. The van der Waals surface area contributed by atoms with Crippen LogP contribution in [0.25, 0.3) is 22.2 Å². The normalized spacial score (nSPS) is 19.3. The minimum Gasteiger partial charge on any atom is -0.354 e. The van der Waals surface area contributed by atoms with E-state index in [0.29, 0.717) is 27.7 Å². The first-order valence-electron chi connectivity index (χ1n) is 8.91. The second-order valence-corrected chi connectivity index (χ2v) is 6.96. The predicted octanol–water partition coefficient (Wildman–Crippen LogP) is 3.71. The molecule has 0 spiro atoms. The zero-order chi connectivity index (χ0) is 18.5. The summed E-state index contributed by atoms with van der Waals surface area (Å²) in [5.41, 5.74) is 5.30. The Labute approximate surface area is 153 Å². The molecule has 1 saturated heterocycles. The molecule has 3 heterocycles. The Kier molecular flexibility index (Phi) is 3.73. The molecule has 2 aliphatic rings. The van der Waals surface area contributed by atoms with E-state index in [9.17, 15) is 13.6 Å². The monoisotopic (exact) mass is 369 g/mol. The minimum atomic E-state index is -0.544. The molecule has 3 aromatic rings. The van der Waals surface area contributed by atoms with E-state index in [1.54, 1.807) is 12.1 Å². The number of aromatic amines is 1. The van der Waals surface area contributed by atoms with Crippen LogP contribution < -0.4 is 10.8 Å². The molecule has 1 fully saturated rings. The lowest BCUT2D eigenvalue weighted by molar-refractivity contribution is 0.0255. The van der Waals surface area contributed by atoms with Crippen molar-refractivity contribution in [2.75, 3.05) is 6.54 Å². The molecule has 1 aromatic heterocycles. The van der Waals surface area contributed by atoms with Crippen molar-refractivity contribution in [2.45, 2.75) is 25.5 Å². The Morgan fingerprint density at radius 1 is 1.11 bits per heavy atom. The minimum absolute atomic E-state index is 0.0606. The molecular weight excluding hydrogens is 352 g/mol. The first-order valence-corrected chi connectivity index (χ1v) is 8.91. The van der Waals surface area contributed by atoms with Gasteiger partial charge in [-0.3, -0.25) is 9.63 Å². The van der Waals surface area contributed by atoms with Gasteiger partial charge in [-0.05, 0) is 49.2 Å². The number of amides is 1. The summed E-state index contributed by atoms with van der Waals surface area (Å²) in [6, 6.07) is 7.81. The lowest BCUT2D eigenvalue weighted by Gasteiger charge is -2.12. The number of hydrogen-bond acceptors (Lipinski definition) is 3. The fourth-order valence-corrected chi connectivity index (χ4v) is 4.07. The summed E-state index contributed by atoms with van der Waals surface area (Å²) >= 11 is 0. The Morgan fingerprint density at radius 3 is 2.78 bits per heavy atom. The third-order valence-corrected chi connectivity index (χ3v) is 5.32. The smallest absolute Gasteiger partial charge is 0.275 e. The number of rotatable bonds is 2. The first kappa shape index (κ1) is 16.4. The second kappa shape index (κ2) is 6.14. The van der Waals surface area contributed by atoms with Gasteiger partial charge in [0.2, 0.25) is 0 Å². The van der Waals surface area contributed by atoms with Gasteiger partial charge in [0.05, 0.1) is 11.3 Å². The van der Waals surface area contributed by atoms with E-state index in [1.807, 2.05) is 6.07 Å². The number of halogens is 2. The van der Waals surface area contributed by atoms with Crippen molar-refractivity contribution < 1.29 is 18.4 Å². The second-order valence-electron chi connectivity index (χ2n) is 6.96. The highest BCUT2D eigenvalue weighted by Gasteiger charge is 2.26. The molecule has 5 rings (SSSR count). The molecule has 2 aromatic carbocycles. The first-order chi connectivity index (χ1) is 13.1. The third-order valence-electron chi connectivity index (χ3n) is 5.32. The predicted molar refractivity (Wildman–Crippen MR) is 95.9 cm³/mol.